The first-order valence-electron chi connectivity index (χ1n) is 10.4. The van der Waals surface area contributed by atoms with Crippen LogP contribution < -0.4 is 10.9 Å². The molecule has 0 aliphatic carbocycles. The SMILES string of the molecule is Cc1ccc(C(=O)Nc2c(-c3cc(=O)oc4cc(C)cc(C)c34)oc3ccccc23)cc1. The lowest BCUT2D eigenvalue weighted by Gasteiger charge is -2.10. The molecule has 32 heavy (non-hydrogen) atoms. The molecule has 3 aromatic carbocycles. The number of carbonyl (C=O) groups is 1. The molecule has 0 saturated carbocycles. The number of anilines is 1. The minimum absolute atomic E-state index is 0.252. The average molecular weight is 423 g/mol. The molecule has 2 aromatic heterocycles. The number of carbonyl (C=O) groups excluding carboxylic acids is 1. The van der Waals surface area contributed by atoms with Crippen LogP contribution in [0.5, 0.6) is 0 Å². The predicted molar refractivity (Wildman–Crippen MR) is 126 cm³/mol. The first kappa shape index (κ1) is 19.8. The molecule has 0 aliphatic heterocycles. The van der Waals surface area contributed by atoms with Gasteiger partial charge in [-0.25, -0.2) is 4.79 Å². The van der Waals surface area contributed by atoms with Crippen LogP contribution in [0, 0.1) is 20.8 Å². The summed E-state index contributed by atoms with van der Waals surface area (Å²) in [6.07, 6.45) is 0. The van der Waals surface area contributed by atoms with E-state index in [9.17, 15) is 9.59 Å². The van der Waals surface area contributed by atoms with Crippen LogP contribution in [0.1, 0.15) is 27.0 Å². The van der Waals surface area contributed by atoms with Gasteiger partial charge in [-0.3, -0.25) is 4.79 Å². The van der Waals surface area contributed by atoms with Gasteiger partial charge in [0.25, 0.3) is 5.91 Å². The van der Waals surface area contributed by atoms with Crippen molar-refractivity contribution in [3.05, 3.63) is 99.4 Å². The van der Waals surface area contributed by atoms with E-state index in [1.165, 1.54) is 6.07 Å². The van der Waals surface area contributed by atoms with Gasteiger partial charge in [-0.2, -0.15) is 0 Å². The van der Waals surface area contributed by atoms with E-state index in [1.807, 2.05) is 69.3 Å². The van der Waals surface area contributed by atoms with Crippen LogP contribution in [0.2, 0.25) is 0 Å². The Kier molecular flexibility index (Phi) is 4.67. The first-order valence-corrected chi connectivity index (χ1v) is 10.4. The van der Waals surface area contributed by atoms with Gasteiger partial charge in [0.2, 0.25) is 0 Å². The number of aryl methyl sites for hydroxylation is 3. The number of para-hydroxylation sites is 1. The van der Waals surface area contributed by atoms with Gasteiger partial charge < -0.3 is 14.2 Å². The summed E-state index contributed by atoms with van der Waals surface area (Å²) in [5, 5.41) is 4.55. The van der Waals surface area contributed by atoms with Gasteiger partial charge in [0.05, 0.1) is 5.69 Å². The van der Waals surface area contributed by atoms with Crippen molar-refractivity contribution in [2.75, 3.05) is 5.32 Å². The van der Waals surface area contributed by atoms with E-state index in [1.54, 1.807) is 12.1 Å². The first-order chi connectivity index (χ1) is 15.4. The van der Waals surface area contributed by atoms with E-state index >= 15 is 0 Å². The highest BCUT2D eigenvalue weighted by molar-refractivity contribution is 6.13. The van der Waals surface area contributed by atoms with Gasteiger partial charge in [0, 0.05) is 28.0 Å². The number of rotatable bonds is 3. The van der Waals surface area contributed by atoms with E-state index in [2.05, 4.69) is 5.32 Å². The number of hydrogen-bond donors (Lipinski definition) is 1. The van der Waals surface area contributed by atoms with Crippen LogP contribution in [-0.4, -0.2) is 5.91 Å². The molecule has 0 radical (unpaired) electrons. The van der Waals surface area contributed by atoms with E-state index in [0.717, 1.165) is 27.5 Å². The highest BCUT2D eigenvalue weighted by Gasteiger charge is 2.22. The molecule has 0 fully saturated rings. The van der Waals surface area contributed by atoms with Crippen LogP contribution in [0.3, 0.4) is 0 Å². The summed E-state index contributed by atoms with van der Waals surface area (Å²) in [6, 6.07) is 20.1. The smallest absolute Gasteiger partial charge is 0.336 e. The lowest BCUT2D eigenvalue weighted by molar-refractivity contribution is 0.102. The Morgan fingerprint density at radius 2 is 1.56 bits per heavy atom. The van der Waals surface area contributed by atoms with Crippen LogP contribution >= 0.6 is 0 Å². The van der Waals surface area contributed by atoms with Gasteiger partial charge >= 0.3 is 5.63 Å². The zero-order chi connectivity index (χ0) is 22.4. The number of hydrogen-bond acceptors (Lipinski definition) is 4. The molecule has 158 valence electrons. The highest BCUT2D eigenvalue weighted by Crippen LogP contribution is 2.41. The van der Waals surface area contributed by atoms with E-state index in [0.29, 0.717) is 33.7 Å². The highest BCUT2D eigenvalue weighted by atomic mass is 16.4. The van der Waals surface area contributed by atoms with Crippen molar-refractivity contribution in [3.63, 3.8) is 0 Å². The molecule has 0 bridgehead atoms. The molecule has 1 amide bonds. The van der Waals surface area contributed by atoms with Crippen LogP contribution in [-0.2, 0) is 0 Å². The summed E-state index contributed by atoms with van der Waals surface area (Å²) in [7, 11) is 0. The molecule has 2 heterocycles. The number of furan rings is 1. The molecule has 5 nitrogen and oxygen atoms in total. The fourth-order valence-corrected chi connectivity index (χ4v) is 4.11. The number of nitrogens with one attached hydrogen (secondary N) is 1. The average Bonchev–Trinajstić information content (AvgIpc) is 3.11. The Labute approximate surface area is 184 Å². The summed E-state index contributed by atoms with van der Waals surface area (Å²) >= 11 is 0. The monoisotopic (exact) mass is 423 g/mol. The summed E-state index contributed by atoms with van der Waals surface area (Å²) in [5.74, 6) is 0.175. The lowest BCUT2D eigenvalue weighted by Crippen LogP contribution is -2.12. The molecule has 1 N–H and O–H groups in total. The lowest BCUT2D eigenvalue weighted by atomic mass is 10.00. The Bertz CT molecular complexity index is 1560. The molecule has 5 aromatic rings. The van der Waals surface area contributed by atoms with Crippen molar-refractivity contribution in [1.29, 1.82) is 0 Å². The van der Waals surface area contributed by atoms with Crippen molar-refractivity contribution in [2.45, 2.75) is 20.8 Å². The third kappa shape index (κ3) is 3.38. The minimum Gasteiger partial charge on any atom is -0.454 e. The summed E-state index contributed by atoms with van der Waals surface area (Å²) in [5.41, 5.74) is 5.30. The zero-order valence-electron chi connectivity index (χ0n) is 18.0. The van der Waals surface area contributed by atoms with Crippen molar-refractivity contribution in [2.24, 2.45) is 0 Å². The molecule has 0 saturated heterocycles. The maximum Gasteiger partial charge on any atom is 0.336 e. The van der Waals surface area contributed by atoms with E-state index in [-0.39, 0.29) is 5.91 Å². The molecular formula is C27H21NO4. The second-order valence-electron chi connectivity index (χ2n) is 8.06. The Morgan fingerprint density at radius 3 is 2.34 bits per heavy atom. The Morgan fingerprint density at radius 1 is 0.812 bits per heavy atom. The van der Waals surface area contributed by atoms with Crippen LogP contribution in [0.15, 0.2) is 80.4 Å². The van der Waals surface area contributed by atoms with Crippen molar-refractivity contribution >= 4 is 33.5 Å². The molecule has 0 spiro atoms. The normalized spacial score (nSPS) is 11.2. The third-order valence-corrected chi connectivity index (χ3v) is 5.58. The molecule has 0 atom stereocenters. The quantitative estimate of drug-likeness (QED) is 0.342. The fraction of sp³-hybridized carbons (Fsp3) is 0.111. The molecule has 0 unspecified atom stereocenters. The molecule has 5 rings (SSSR count). The van der Waals surface area contributed by atoms with E-state index < -0.39 is 5.63 Å². The van der Waals surface area contributed by atoms with E-state index in [4.69, 9.17) is 8.83 Å². The van der Waals surface area contributed by atoms with Gasteiger partial charge in [0.15, 0.2) is 5.76 Å². The topological polar surface area (TPSA) is 72.5 Å². The third-order valence-electron chi connectivity index (χ3n) is 5.58. The minimum atomic E-state index is -0.478. The fourth-order valence-electron chi connectivity index (χ4n) is 4.11. The molecule has 0 aliphatic rings. The number of benzene rings is 3. The van der Waals surface area contributed by atoms with Crippen molar-refractivity contribution < 1.29 is 13.6 Å². The van der Waals surface area contributed by atoms with Crippen molar-refractivity contribution in [1.82, 2.24) is 0 Å². The van der Waals surface area contributed by atoms with Crippen molar-refractivity contribution in [3.8, 4) is 11.3 Å². The van der Waals surface area contributed by atoms with Gasteiger partial charge in [-0.15, -0.1) is 0 Å². The Hall–Kier alpha value is -4.12. The summed E-state index contributed by atoms with van der Waals surface area (Å²) in [4.78, 5) is 25.5. The summed E-state index contributed by atoms with van der Waals surface area (Å²) in [6.45, 7) is 5.89. The number of fused-ring (bicyclic) bond motifs is 2. The van der Waals surface area contributed by atoms with Crippen LogP contribution in [0.4, 0.5) is 5.69 Å². The zero-order valence-corrected chi connectivity index (χ0v) is 18.0. The second kappa shape index (κ2) is 7.54. The Balaban J connectivity index is 1.75. The largest absolute Gasteiger partial charge is 0.454 e. The molecular weight excluding hydrogens is 402 g/mol. The van der Waals surface area contributed by atoms with Gasteiger partial charge in [-0.05, 0) is 62.2 Å². The summed E-state index contributed by atoms with van der Waals surface area (Å²) < 4.78 is 11.7. The van der Waals surface area contributed by atoms with Crippen LogP contribution in [0.25, 0.3) is 33.3 Å². The van der Waals surface area contributed by atoms with Gasteiger partial charge in [-0.1, -0.05) is 35.9 Å². The van der Waals surface area contributed by atoms with Gasteiger partial charge in [0.1, 0.15) is 11.2 Å². The standard InChI is InChI=1S/C27H21NO4/c1-15-8-10-18(11-9-15)27(30)28-25-19-6-4-5-7-21(19)32-26(25)20-14-23(29)31-22-13-16(2)12-17(3)24(20)22/h4-14H,1-3H3,(H,28,30). The predicted octanol–water partition coefficient (Wildman–Crippen LogP) is 6.38. The maximum atomic E-state index is 13.1. The second-order valence-corrected chi connectivity index (χ2v) is 8.06. The molecule has 5 heteroatoms. The maximum absolute atomic E-state index is 13.1. The number of amides is 1.